The first-order valence-corrected chi connectivity index (χ1v) is 16.9. The molecule has 0 saturated heterocycles. The van der Waals surface area contributed by atoms with Gasteiger partial charge in [0.1, 0.15) is 11.3 Å². The zero-order chi connectivity index (χ0) is 30.6. The van der Waals surface area contributed by atoms with Gasteiger partial charge in [0.15, 0.2) is 0 Å². The summed E-state index contributed by atoms with van der Waals surface area (Å²) in [6, 6.07) is 4.00. The Morgan fingerprint density at radius 2 is 1.76 bits per heavy atom. The van der Waals surface area contributed by atoms with Crippen molar-refractivity contribution in [3.8, 4) is 5.75 Å². The summed E-state index contributed by atoms with van der Waals surface area (Å²) in [6.07, 6.45) is 7.10. The second-order valence-corrected chi connectivity index (χ2v) is 15.3. The molecule has 10 nitrogen and oxygen atoms in total. The standard InChI is InChI=1S/C31H46NO9P/c1-17(4-9-27(35)32-19-5-6-21(29(36)37)25(33)16-19)22-7-8-23-28-24(11-13-31(22,23)3)30(2)12-10-20(41-42(38,39)40)14-18(30)15-26(28)34/h5-6,16-18,20,22-24,26,28,33-34H,4,7-15H2,1-3H3,(H,32,35)(H,36,37)(H2,38,39,40)/t17-,18+,20-,22-,23+,24+,26+,28+,30+,31-/m1/s1. The highest BCUT2D eigenvalue weighted by molar-refractivity contribution is 7.46. The van der Waals surface area contributed by atoms with E-state index in [4.69, 9.17) is 9.63 Å². The Labute approximate surface area is 247 Å². The minimum absolute atomic E-state index is 0.0267. The maximum Gasteiger partial charge on any atom is 0.469 e. The maximum atomic E-state index is 12.7. The monoisotopic (exact) mass is 607 g/mol. The molecule has 4 aliphatic carbocycles. The average Bonchev–Trinajstić information content (AvgIpc) is 3.24. The lowest BCUT2D eigenvalue weighted by Crippen LogP contribution is -2.58. The SMILES string of the molecule is C[C@H](CCC(=O)Nc1ccc(C(=O)O)c(O)c1)[C@H]1CC[C@H]2[C@@H]3[C@@H](O)C[C@@H]4C[C@H](OP(=O)(O)O)CC[C@]4(C)[C@H]3CC[C@]12C. The van der Waals surface area contributed by atoms with E-state index < -0.39 is 26.0 Å². The summed E-state index contributed by atoms with van der Waals surface area (Å²) >= 11 is 0. The van der Waals surface area contributed by atoms with Gasteiger partial charge in [-0.2, -0.15) is 0 Å². The van der Waals surface area contributed by atoms with E-state index in [1.807, 2.05) is 0 Å². The Morgan fingerprint density at radius 1 is 1.07 bits per heavy atom. The maximum absolute atomic E-state index is 12.7. The molecule has 11 heteroatoms. The molecule has 1 aromatic rings. The van der Waals surface area contributed by atoms with E-state index in [0.717, 1.165) is 38.5 Å². The van der Waals surface area contributed by atoms with Crippen LogP contribution < -0.4 is 5.32 Å². The number of fused-ring (bicyclic) bond motifs is 5. The normalized spacial score (nSPS) is 38.6. The van der Waals surface area contributed by atoms with Crippen LogP contribution in [-0.2, 0) is 13.9 Å². The van der Waals surface area contributed by atoms with Gasteiger partial charge in [0, 0.05) is 18.2 Å². The summed E-state index contributed by atoms with van der Waals surface area (Å²) in [6.45, 7) is 6.95. The van der Waals surface area contributed by atoms with Crippen LogP contribution in [0.3, 0.4) is 0 Å². The molecule has 0 aliphatic heterocycles. The van der Waals surface area contributed by atoms with Gasteiger partial charge >= 0.3 is 13.8 Å². The summed E-state index contributed by atoms with van der Waals surface area (Å²) in [5.74, 6) is 0.149. The highest BCUT2D eigenvalue weighted by atomic mass is 31.2. The lowest BCUT2D eigenvalue weighted by molar-refractivity contribution is -0.173. The molecule has 5 rings (SSSR count). The first-order valence-electron chi connectivity index (χ1n) is 15.4. The van der Waals surface area contributed by atoms with Gasteiger partial charge in [-0.3, -0.25) is 9.32 Å². The predicted molar refractivity (Wildman–Crippen MR) is 156 cm³/mol. The number of rotatable bonds is 8. The van der Waals surface area contributed by atoms with Gasteiger partial charge < -0.3 is 30.4 Å². The molecular weight excluding hydrogens is 561 g/mol. The first kappa shape index (κ1) is 31.5. The number of anilines is 1. The van der Waals surface area contributed by atoms with Crippen LogP contribution in [0.2, 0.25) is 0 Å². The summed E-state index contributed by atoms with van der Waals surface area (Å²) in [7, 11) is -4.54. The van der Waals surface area contributed by atoms with Gasteiger partial charge in [0.25, 0.3) is 0 Å². The molecule has 4 aliphatic rings. The average molecular weight is 608 g/mol. The minimum Gasteiger partial charge on any atom is -0.507 e. The molecule has 4 fully saturated rings. The summed E-state index contributed by atoms with van der Waals surface area (Å²) in [5, 5.41) is 33.3. The number of carbonyl (C=O) groups excluding carboxylic acids is 1. The van der Waals surface area contributed by atoms with Crippen LogP contribution in [0.4, 0.5) is 5.69 Å². The highest BCUT2D eigenvalue weighted by Crippen LogP contribution is 2.68. The van der Waals surface area contributed by atoms with E-state index >= 15 is 0 Å². The zero-order valence-electron chi connectivity index (χ0n) is 24.7. The minimum atomic E-state index is -4.54. The second-order valence-electron chi connectivity index (χ2n) is 14.1. The third kappa shape index (κ3) is 5.90. The van der Waals surface area contributed by atoms with Gasteiger partial charge in [-0.1, -0.05) is 20.8 Å². The smallest absolute Gasteiger partial charge is 0.469 e. The molecule has 10 atom stereocenters. The molecule has 0 unspecified atom stereocenters. The third-order valence-corrected chi connectivity index (χ3v) is 12.6. The van der Waals surface area contributed by atoms with Gasteiger partial charge in [-0.05, 0) is 116 Å². The molecule has 0 bridgehead atoms. The van der Waals surface area contributed by atoms with Gasteiger partial charge in [-0.25, -0.2) is 9.36 Å². The summed E-state index contributed by atoms with van der Waals surface area (Å²) in [4.78, 5) is 42.5. The van der Waals surface area contributed by atoms with Crippen molar-refractivity contribution < 1.29 is 43.8 Å². The Hall–Kier alpha value is -1.97. The lowest BCUT2D eigenvalue weighted by Gasteiger charge is -2.62. The molecule has 0 radical (unpaired) electrons. The number of phenols is 1. The van der Waals surface area contributed by atoms with Crippen LogP contribution >= 0.6 is 7.82 Å². The number of aliphatic hydroxyl groups excluding tert-OH is 1. The summed E-state index contributed by atoms with van der Waals surface area (Å²) < 4.78 is 16.5. The number of aliphatic hydroxyl groups is 1. The Balaban J connectivity index is 1.21. The fraction of sp³-hybridized carbons (Fsp3) is 0.742. The molecule has 4 saturated carbocycles. The molecule has 1 amide bonds. The number of carbonyl (C=O) groups is 2. The van der Waals surface area contributed by atoms with Crippen LogP contribution in [0, 0.1) is 46.3 Å². The largest absolute Gasteiger partial charge is 0.507 e. The van der Waals surface area contributed by atoms with Crippen LogP contribution in [0.25, 0.3) is 0 Å². The lowest BCUT2D eigenvalue weighted by atomic mass is 9.43. The fourth-order valence-corrected chi connectivity index (χ4v) is 10.6. The van der Waals surface area contributed by atoms with Gasteiger partial charge in [0.05, 0.1) is 12.2 Å². The topological polar surface area (TPSA) is 174 Å². The van der Waals surface area contributed by atoms with E-state index in [0.29, 0.717) is 55.0 Å². The molecule has 0 aromatic heterocycles. The van der Waals surface area contributed by atoms with Crippen molar-refractivity contribution in [3.63, 3.8) is 0 Å². The van der Waals surface area contributed by atoms with Crippen molar-refractivity contribution in [2.75, 3.05) is 5.32 Å². The van der Waals surface area contributed by atoms with Crippen LogP contribution in [0.15, 0.2) is 18.2 Å². The van der Waals surface area contributed by atoms with Crippen LogP contribution in [-0.4, -0.2) is 49.2 Å². The first-order chi connectivity index (χ1) is 19.6. The molecule has 1 aromatic carbocycles. The van der Waals surface area contributed by atoms with Gasteiger partial charge in [-0.15, -0.1) is 0 Å². The summed E-state index contributed by atoms with van der Waals surface area (Å²) in [5.41, 5.74) is 0.260. The number of phosphoric ester groups is 1. The highest BCUT2D eigenvalue weighted by Gasteiger charge is 2.63. The van der Waals surface area contributed by atoms with Crippen LogP contribution in [0.5, 0.6) is 5.75 Å². The number of amides is 1. The number of hydrogen-bond acceptors (Lipinski definition) is 6. The van der Waals surface area contributed by atoms with Crippen LogP contribution in [0.1, 0.15) is 95.3 Å². The molecule has 42 heavy (non-hydrogen) atoms. The van der Waals surface area contributed by atoms with Crippen molar-refractivity contribution in [1.82, 2.24) is 0 Å². The van der Waals surface area contributed by atoms with E-state index in [2.05, 4.69) is 26.1 Å². The van der Waals surface area contributed by atoms with E-state index in [1.54, 1.807) is 0 Å². The number of carboxylic acids is 1. The number of benzene rings is 1. The zero-order valence-corrected chi connectivity index (χ0v) is 25.6. The predicted octanol–water partition coefficient (Wildman–Crippen LogP) is 5.55. The molecule has 0 spiro atoms. The Bertz CT molecular complexity index is 1250. The number of aromatic hydroxyl groups is 1. The number of carboxylic acid groups (broad SMARTS) is 1. The van der Waals surface area contributed by atoms with Crippen molar-refractivity contribution in [3.05, 3.63) is 23.8 Å². The number of nitrogens with one attached hydrogen (secondary N) is 1. The third-order valence-electron chi connectivity index (χ3n) is 12.0. The van der Waals surface area contributed by atoms with E-state index in [-0.39, 0.29) is 39.9 Å². The van der Waals surface area contributed by atoms with Gasteiger partial charge in [0.2, 0.25) is 5.91 Å². The van der Waals surface area contributed by atoms with E-state index in [1.165, 1.54) is 18.2 Å². The Morgan fingerprint density at radius 3 is 2.43 bits per heavy atom. The molecular formula is C31H46NO9P. The molecule has 6 N–H and O–H groups in total. The van der Waals surface area contributed by atoms with Crippen molar-refractivity contribution in [2.24, 2.45) is 46.3 Å². The Kier molecular flexibility index (Phi) is 8.62. The molecule has 234 valence electrons. The second kappa shape index (κ2) is 11.5. The number of hydrogen-bond donors (Lipinski definition) is 6. The number of aromatic carboxylic acids is 1. The van der Waals surface area contributed by atoms with E-state index in [9.17, 15) is 34.2 Å². The van der Waals surface area contributed by atoms with Crippen molar-refractivity contribution in [2.45, 2.75) is 97.2 Å². The molecule has 0 heterocycles. The van der Waals surface area contributed by atoms with Crippen molar-refractivity contribution in [1.29, 1.82) is 0 Å². The quantitative estimate of drug-likeness (QED) is 0.207. The van der Waals surface area contributed by atoms with Crippen molar-refractivity contribution >= 4 is 25.4 Å². The fourth-order valence-electron chi connectivity index (χ4n) is 10.0. The number of phosphoric acid groups is 1.